The number of unbranched alkanes of at least 4 members (excludes halogenated alkanes) is 2. The van der Waals surface area contributed by atoms with Gasteiger partial charge in [-0.25, -0.2) is 12.7 Å². The first-order valence-corrected chi connectivity index (χ1v) is 14.3. The number of nitrogens with two attached hydrogens (primary N) is 1. The molecule has 1 aliphatic heterocycles. The number of pyridine rings is 1. The van der Waals surface area contributed by atoms with E-state index in [4.69, 9.17) is 10.5 Å². The maximum atomic E-state index is 12.4. The maximum absolute atomic E-state index is 12.4. The van der Waals surface area contributed by atoms with Crippen LogP contribution >= 0.6 is 0 Å². The molecule has 36 heavy (non-hydrogen) atoms. The van der Waals surface area contributed by atoms with Crippen LogP contribution in [0.2, 0.25) is 0 Å². The summed E-state index contributed by atoms with van der Waals surface area (Å²) in [5.74, 6) is -0.160. The Balaban J connectivity index is 1.61. The number of H-pyrrole nitrogens is 1. The minimum absolute atomic E-state index is 0.121. The van der Waals surface area contributed by atoms with Crippen LogP contribution in [0.5, 0.6) is 0 Å². The Morgan fingerprint density at radius 2 is 1.92 bits per heavy atom. The highest BCUT2D eigenvalue weighted by Crippen LogP contribution is 2.37. The Kier molecular flexibility index (Phi) is 8.43. The number of carbonyl (C=O) groups excluding carboxylic acids is 1. The summed E-state index contributed by atoms with van der Waals surface area (Å²) in [5.41, 5.74) is 11.1. The molecule has 0 radical (unpaired) electrons. The van der Waals surface area contributed by atoms with E-state index in [-0.39, 0.29) is 11.7 Å². The highest BCUT2D eigenvalue weighted by atomic mass is 32.2. The smallest absolute Gasteiger partial charge is 0.250 e. The number of fused-ring (bicyclic) bond motifs is 1. The van der Waals surface area contributed by atoms with Gasteiger partial charge in [-0.3, -0.25) is 9.78 Å². The Morgan fingerprint density at radius 3 is 2.61 bits per heavy atom. The van der Waals surface area contributed by atoms with Gasteiger partial charge in [0.15, 0.2) is 0 Å². The standard InChI is InChI=1S/C27H36N4O4S/c1-3-36(33,34)31-10-8-20(9-11-31)25-18-30-26-23(25)14-21(15-24(26)27(28)32)22-13-19(16-29-17-22)7-5-4-6-12-35-2/h13-18,20,30H,3-12H2,1-2H3,(H2,28,32). The van der Waals surface area contributed by atoms with Crippen molar-refractivity contribution in [3.05, 3.63) is 53.5 Å². The number of carbonyl (C=O) groups is 1. The molecule has 9 heteroatoms. The van der Waals surface area contributed by atoms with E-state index in [1.807, 2.05) is 24.7 Å². The molecule has 0 unspecified atom stereocenters. The second kappa shape index (κ2) is 11.5. The number of nitrogens with zero attached hydrogens (tertiary/aromatic N) is 2. The van der Waals surface area contributed by atoms with E-state index in [1.54, 1.807) is 18.3 Å². The summed E-state index contributed by atoms with van der Waals surface area (Å²) in [4.78, 5) is 20.1. The lowest BCUT2D eigenvalue weighted by molar-refractivity contribution is 0.100. The minimum atomic E-state index is -3.18. The van der Waals surface area contributed by atoms with Gasteiger partial charge >= 0.3 is 0 Å². The fourth-order valence-corrected chi connectivity index (χ4v) is 6.25. The van der Waals surface area contributed by atoms with Gasteiger partial charge in [-0.05, 0) is 79.8 Å². The zero-order valence-electron chi connectivity index (χ0n) is 21.1. The molecule has 1 aliphatic rings. The lowest BCUT2D eigenvalue weighted by Gasteiger charge is -2.31. The third-order valence-corrected chi connectivity index (χ3v) is 9.06. The first kappa shape index (κ1) is 26.3. The van der Waals surface area contributed by atoms with Gasteiger partial charge in [0.2, 0.25) is 10.0 Å². The van der Waals surface area contributed by atoms with Crippen molar-refractivity contribution in [3.63, 3.8) is 0 Å². The molecule has 3 aromatic rings. The van der Waals surface area contributed by atoms with E-state index in [1.165, 1.54) is 0 Å². The van der Waals surface area contributed by atoms with Crippen molar-refractivity contribution in [1.29, 1.82) is 0 Å². The SMILES string of the molecule is CCS(=O)(=O)N1CCC(c2c[nH]c3c(C(N)=O)cc(-c4cncc(CCCCCOC)c4)cc23)CC1. The topological polar surface area (TPSA) is 118 Å². The number of sulfonamides is 1. The lowest BCUT2D eigenvalue weighted by Crippen LogP contribution is -2.38. The van der Waals surface area contributed by atoms with Crippen LogP contribution in [0.4, 0.5) is 0 Å². The zero-order chi connectivity index (χ0) is 25.7. The van der Waals surface area contributed by atoms with E-state index >= 15 is 0 Å². The molecule has 0 atom stereocenters. The molecule has 0 saturated carbocycles. The van der Waals surface area contributed by atoms with Crippen molar-refractivity contribution in [1.82, 2.24) is 14.3 Å². The third kappa shape index (κ3) is 5.79. The fourth-order valence-electron chi connectivity index (χ4n) is 5.11. The molecule has 1 fully saturated rings. The number of hydrogen-bond donors (Lipinski definition) is 2. The summed E-state index contributed by atoms with van der Waals surface area (Å²) in [6, 6.07) is 6.07. The van der Waals surface area contributed by atoms with Gasteiger partial charge in [0.1, 0.15) is 0 Å². The predicted molar refractivity (Wildman–Crippen MR) is 142 cm³/mol. The van der Waals surface area contributed by atoms with Gasteiger partial charge in [0.05, 0.1) is 16.8 Å². The number of aryl methyl sites for hydroxylation is 1. The van der Waals surface area contributed by atoms with E-state index in [0.717, 1.165) is 78.3 Å². The van der Waals surface area contributed by atoms with Crippen molar-refractivity contribution in [3.8, 4) is 11.1 Å². The largest absolute Gasteiger partial charge is 0.385 e. The van der Waals surface area contributed by atoms with Crippen LogP contribution in [0, 0.1) is 0 Å². The quantitative estimate of drug-likeness (QED) is 0.373. The van der Waals surface area contributed by atoms with Crippen molar-refractivity contribution in [2.75, 3.05) is 32.6 Å². The summed E-state index contributed by atoms with van der Waals surface area (Å²) < 4.78 is 31.3. The molecule has 3 N–H and O–H groups in total. The summed E-state index contributed by atoms with van der Waals surface area (Å²) in [6.45, 7) is 3.47. The second-order valence-corrected chi connectivity index (χ2v) is 11.8. The number of amides is 1. The molecule has 194 valence electrons. The highest BCUT2D eigenvalue weighted by Gasteiger charge is 2.29. The minimum Gasteiger partial charge on any atom is -0.385 e. The molecule has 0 aliphatic carbocycles. The highest BCUT2D eigenvalue weighted by molar-refractivity contribution is 7.89. The lowest BCUT2D eigenvalue weighted by atomic mass is 9.88. The summed E-state index contributed by atoms with van der Waals surface area (Å²) in [5, 5.41) is 0.961. The number of rotatable bonds is 11. The maximum Gasteiger partial charge on any atom is 0.250 e. The summed E-state index contributed by atoms with van der Waals surface area (Å²) in [7, 11) is -1.46. The summed E-state index contributed by atoms with van der Waals surface area (Å²) >= 11 is 0. The van der Waals surface area contributed by atoms with Gasteiger partial charge in [-0.15, -0.1) is 0 Å². The Hall–Kier alpha value is -2.75. The number of aromatic nitrogens is 2. The molecule has 3 heterocycles. The Bertz CT molecular complexity index is 1310. The van der Waals surface area contributed by atoms with E-state index < -0.39 is 15.9 Å². The molecule has 1 amide bonds. The fraction of sp³-hybridized carbons (Fsp3) is 0.481. The third-order valence-electron chi connectivity index (χ3n) is 7.18. The molecule has 8 nitrogen and oxygen atoms in total. The zero-order valence-corrected chi connectivity index (χ0v) is 21.9. The normalized spacial score (nSPS) is 15.5. The van der Waals surface area contributed by atoms with Crippen LogP contribution in [0.15, 0.2) is 36.8 Å². The van der Waals surface area contributed by atoms with Gasteiger partial charge < -0.3 is 15.5 Å². The van der Waals surface area contributed by atoms with Gasteiger partial charge in [-0.1, -0.05) is 6.42 Å². The Labute approximate surface area is 213 Å². The molecule has 4 rings (SSSR count). The van der Waals surface area contributed by atoms with Crippen LogP contribution < -0.4 is 5.73 Å². The average Bonchev–Trinajstić information content (AvgIpc) is 3.32. The van der Waals surface area contributed by atoms with Crippen LogP contribution in [0.25, 0.3) is 22.0 Å². The van der Waals surface area contributed by atoms with Crippen molar-refractivity contribution in [2.45, 2.75) is 51.4 Å². The molecule has 2 aromatic heterocycles. The monoisotopic (exact) mass is 512 g/mol. The van der Waals surface area contributed by atoms with E-state index in [0.29, 0.717) is 18.7 Å². The second-order valence-electron chi connectivity index (χ2n) is 9.51. The van der Waals surface area contributed by atoms with Crippen molar-refractivity contribution in [2.24, 2.45) is 5.73 Å². The van der Waals surface area contributed by atoms with Gasteiger partial charge in [-0.2, -0.15) is 0 Å². The number of hydrogen-bond acceptors (Lipinski definition) is 5. The predicted octanol–water partition coefficient (Wildman–Crippen LogP) is 4.22. The number of piperidine rings is 1. The van der Waals surface area contributed by atoms with Crippen LogP contribution in [-0.4, -0.2) is 61.2 Å². The molecule has 0 bridgehead atoms. The van der Waals surface area contributed by atoms with E-state index in [9.17, 15) is 13.2 Å². The number of benzene rings is 1. The number of primary amides is 1. The van der Waals surface area contributed by atoms with Crippen molar-refractivity contribution < 1.29 is 17.9 Å². The average molecular weight is 513 g/mol. The first-order valence-electron chi connectivity index (χ1n) is 12.7. The number of nitrogens with one attached hydrogen (secondary N) is 1. The van der Waals surface area contributed by atoms with Gasteiger partial charge in [0, 0.05) is 56.3 Å². The summed E-state index contributed by atoms with van der Waals surface area (Å²) in [6.07, 6.45) is 11.3. The number of methoxy groups -OCH3 is 1. The van der Waals surface area contributed by atoms with Gasteiger partial charge in [0.25, 0.3) is 5.91 Å². The molecule has 1 aromatic carbocycles. The molecule has 0 spiro atoms. The molecule has 1 saturated heterocycles. The van der Waals surface area contributed by atoms with Crippen LogP contribution in [-0.2, 0) is 21.2 Å². The van der Waals surface area contributed by atoms with Crippen molar-refractivity contribution >= 4 is 26.8 Å². The molecular formula is C27H36N4O4S. The molecular weight excluding hydrogens is 476 g/mol. The van der Waals surface area contributed by atoms with Crippen LogP contribution in [0.3, 0.4) is 0 Å². The number of ether oxygens (including phenoxy) is 1. The first-order chi connectivity index (χ1) is 17.3. The Morgan fingerprint density at radius 1 is 1.14 bits per heavy atom. The van der Waals surface area contributed by atoms with Crippen LogP contribution in [0.1, 0.15) is 66.4 Å². The van der Waals surface area contributed by atoms with E-state index in [2.05, 4.69) is 22.1 Å². The number of aromatic amines is 1.